The van der Waals surface area contributed by atoms with Gasteiger partial charge in [0.2, 0.25) is 5.91 Å². The Hall–Kier alpha value is -3.49. The smallest absolute Gasteiger partial charge is 0.262 e. The third kappa shape index (κ3) is 5.20. The number of anilines is 1. The molecule has 2 amide bonds. The number of carbonyl (C=O) groups is 2. The van der Waals surface area contributed by atoms with Crippen LogP contribution < -0.4 is 5.32 Å². The summed E-state index contributed by atoms with van der Waals surface area (Å²) in [5.41, 5.74) is 4.06. The number of para-hydroxylation sites is 1. The van der Waals surface area contributed by atoms with Crippen LogP contribution in [0, 0.1) is 12.7 Å². The number of nitrogens with one attached hydrogen (secondary N) is 1. The molecule has 0 bridgehead atoms. The predicted octanol–water partition coefficient (Wildman–Crippen LogP) is 5.97. The first kappa shape index (κ1) is 24.2. The average Bonchev–Trinajstić information content (AvgIpc) is 3.45. The minimum Gasteiger partial charge on any atom is -0.324 e. The summed E-state index contributed by atoms with van der Waals surface area (Å²) in [5.74, 6) is -1.39. The summed E-state index contributed by atoms with van der Waals surface area (Å²) in [7, 11) is 0. The number of amides is 2. The number of hydrogen-bond donors (Lipinski definition) is 1. The number of aryl methyl sites for hydroxylation is 1. The van der Waals surface area contributed by atoms with Gasteiger partial charge in [0.1, 0.15) is 11.1 Å². The van der Waals surface area contributed by atoms with Crippen LogP contribution in [0.5, 0.6) is 0 Å². The molecule has 2 aliphatic rings. The number of halogens is 2. The summed E-state index contributed by atoms with van der Waals surface area (Å²) in [6, 6.07) is 21.4. The van der Waals surface area contributed by atoms with E-state index in [2.05, 4.69) is 22.4 Å². The Labute approximate surface area is 217 Å². The second-order valence-electron chi connectivity index (χ2n) is 8.60. The van der Waals surface area contributed by atoms with Crippen molar-refractivity contribution in [1.82, 2.24) is 5.01 Å². The Morgan fingerprint density at radius 2 is 1.83 bits per heavy atom. The lowest BCUT2D eigenvalue weighted by Crippen LogP contribution is -2.25. The maximum absolute atomic E-state index is 13.9. The van der Waals surface area contributed by atoms with Crippen molar-refractivity contribution in [2.24, 2.45) is 10.1 Å². The van der Waals surface area contributed by atoms with Gasteiger partial charge in [-0.2, -0.15) is 10.1 Å². The van der Waals surface area contributed by atoms with Gasteiger partial charge in [0.05, 0.1) is 17.4 Å². The topological polar surface area (TPSA) is 74.1 Å². The van der Waals surface area contributed by atoms with E-state index in [1.54, 1.807) is 17.1 Å². The van der Waals surface area contributed by atoms with Gasteiger partial charge in [0.25, 0.3) is 5.91 Å². The van der Waals surface area contributed by atoms with Gasteiger partial charge < -0.3 is 5.32 Å². The summed E-state index contributed by atoms with van der Waals surface area (Å²) in [5, 5.41) is 9.51. The molecule has 3 aromatic carbocycles. The van der Waals surface area contributed by atoms with E-state index in [9.17, 15) is 14.0 Å². The molecule has 182 valence electrons. The molecule has 6 nitrogen and oxygen atoms in total. The van der Waals surface area contributed by atoms with Gasteiger partial charge in [-0.25, -0.2) is 9.40 Å². The molecule has 0 saturated carbocycles. The average molecular weight is 521 g/mol. The molecule has 0 saturated heterocycles. The van der Waals surface area contributed by atoms with Crippen molar-refractivity contribution in [3.8, 4) is 0 Å². The number of carbonyl (C=O) groups excluding carboxylic acids is 2. The molecule has 0 aliphatic carbocycles. The van der Waals surface area contributed by atoms with Crippen LogP contribution in [-0.4, -0.2) is 33.0 Å². The third-order valence-corrected chi connectivity index (χ3v) is 7.39. The number of amidine groups is 1. The minimum atomic E-state index is -0.708. The predicted molar refractivity (Wildman–Crippen MR) is 142 cm³/mol. The molecular formula is C27H22ClFN4O2S. The fourth-order valence-electron chi connectivity index (χ4n) is 4.09. The van der Waals surface area contributed by atoms with Crippen molar-refractivity contribution < 1.29 is 14.0 Å². The van der Waals surface area contributed by atoms with Gasteiger partial charge in [-0.1, -0.05) is 77.5 Å². The first-order chi connectivity index (χ1) is 17.4. The van der Waals surface area contributed by atoms with E-state index in [0.29, 0.717) is 16.6 Å². The van der Waals surface area contributed by atoms with E-state index in [1.165, 1.54) is 23.9 Å². The highest BCUT2D eigenvalue weighted by Crippen LogP contribution is 2.38. The molecule has 2 atom stereocenters. The van der Waals surface area contributed by atoms with Crippen LogP contribution >= 0.6 is 23.4 Å². The summed E-state index contributed by atoms with van der Waals surface area (Å²) < 4.78 is 13.9. The molecule has 1 N–H and O–H groups in total. The fourth-order valence-corrected chi connectivity index (χ4v) is 5.28. The number of nitrogens with zero attached hydrogens (tertiary/aromatic N) is 3. The highest BCUT2D eigenvalue weighted by atomic mass is 35.5. The molecule has 0 radical (unpaired) electrons. The molecule has 2 unspecified atom stereocenters. The molecule has 2 heterocycles. The number of aliphatic imine (C=N–C) groups is 1. The Bertz CT molecular complexity index is 1380. The van der Waals surface area contributed by atoms with E-state index < -0.39 is 22.9 Å². The molecule has 9 heteroatoms. The lowest BCUT2D eigenvalue weighted by atomic mass is 9.98. The molecule has 36 heavy (non-hydrogen) atoms. The van der Waals surface area contributed by atoms with Crippen molar-refractivity contribution in [1.29, 1.82) is 0 Å². The maximum Gasteiger partial charge on any atom is 0.262 e. The first-order valence-corrected chi connectivity index (χ1v) is 12.7. The molecule has 3 aromatic rings. The monoisotopic (exact) mass is 520 g/mol. The summed E-state index contributed by atoms with van der Waals surface area (Å²) in [6.07, 6.45) is 0.499. The zero-order valence-electron chi connectivity index (χ0n) is 19.3. The van der Waals surface area contributed by atoms with E-state index in [-0.39, 0.29) is 18.2 Å². The van der Waals surface area contributed by atoms with Gasteiger partial charge in [-0.05, 0) is 42.3 Å². The molecule has 2 aliphatic heterocycles. The van der Waals surface area contributed by atoms with E-state index in [0.717, 1.165) is 22.4 Å². The lowest BCUT2D eigenvalue weighted by Gasteiger charge is -2.23. The quantitative estimate of drug-likeness (QED) is 0.450. The third-order valence-electron chi connectivity index (χ3n) is 5.99. The van der Waals surface area contributed by atoms with Gasteiger partial charge in [-0.15, -0.1) is 0 Å². The Balaban J connectivity index is 1.36. The molecule has 5 rings (SSSR count). The number of benzene rings is 3. The van der Waals surface area contributed by atoms with Crippen LogP contribution in [0.25, 0.3) is 0 Å². The Morgan fingerprint density at radius 1 is 1.11 bits per heavy atom. The van der Waals surface area contributed by atoms with Crippen LogP contribution in [0.15, 0.2) is 82.9 Å². The molecule has 0 fully saturated rings. The highest BCUT2D eigenvalue weighted by molar-refractivity contribution is 8.15. The SMILES string of the molecule is Cc1ccc(C2CC(c3ccc(Cl)cc3)=NN2C2=NC(=O)C(CC(=O)Nc3ccccc3F)S2)cc1. The van der Waals surface area contributed by atoms with E-state index >= 15 is 0 Å². The van der Waals surface area contributed by atoms with Gasteiger partial charge >= 0.3 is 0 Å². The van der Waals surface area contributed by atoms with Crippen LogP contribution in [0.3, 0.4) is 0 Å². The van der Waals surface area contributed by atoms with Gasteiger partial charge in [0.15, 0.2) is 5.17 Å². The van der Waals surface area contributed by atoms with Crippen LogP contribution in [0.2, 0.25) is 5.02 Å². The highest BCUT2D eigenvalue weighted by Gasteiger charge is 2.39. The Morgan fingerprint density at radius 3 is 2.56 bits per heavy atom. The summed E-state index contributed by atoms with van der Waals surface area (Å²) >= 11 is 7.26. The van der Waals surface area contributed by atoms with Gasteiger partial charge in [0, 0.05) is 17.9 Å². The number of hydrazone groups is 1. The molecule has 0 aromatic heterocycles. The lowest BCUT2D eigenvalue weighted by molar-refractivity contribution is -0.121. The van der Waals surface area contributed by atoms with Crippen LogP contribution in [-0.2, 0) is 9.59 Å². The van der Waals surface area contributed by atoms with Crippen LogP contribution in [0.1, 0.15) is 35.6 Å². The van der Waals surface area contributed by atoms with Crippen molar-refractivity contribution in [3.63, 3.8) is 0 Å². The largest absolute Gasteiger partial charge is 0.324 e. The summed E-state index contributed by atoms with van der Waals surface area (Å²) in [4.78, 5) is 29.5. The maximum atomic E-state index is 13.9. The van der Waals surface area contributed by atoms with E-state index in [1.807, 2.05) is 43.3 Å². The standard InChI is InChI=1S/C27H22ClFN4O2S/c1-16-6-8-18(9-7-16)23-14-22(17-10-12-19(28)13-11-17)32-33(23)27-31-26(35)24(36-27)15-25(34)30-21-5-3-2-4-20(21)29/h2-13,23-24H,14-15H2,1H3,(H,30,34). The van der Waals surface area contributed by atoms with Crippen molar-refractivity contribution in [2.45, 2.75) is 31.1 Å². The summed E-state index contributed by atoms with van der Waals surface area (Å²) in [6.45, 7) is 2.03. The Kier molecular flexibility index (Phi) is 6.89. The molecular weight excluding hydrogens is 499 g/mol. The zero-order chi connectivity index (χ0) is 25.2. The fraction of sp³-hybridized carbons (Fsp3) is 0.185. The van der Waals surface area contributed by atoms with Crippen molar-refractivity contribution in [2.75, 3.05) is 5.32 Å². The second kappa shape index (κ2) is 10.2. The van der Waals surface area contributed by atoms with Crippen molar-refractivity contribution in [3.05, 3.63) is 100 Å². The van der Waals surface area contributed by atoms with Gasteiger partial charge in [-0.3, -0.25) is 9.59 Å². The van der Waals surface area contributed by atoms with Crippen molar-refractivity contribution >= 4 is 51.7 Å². The van der Waals surface area contributed by atoms with E-state index in [4.69, 9.17) is 16.7 Å². The molecule has 0 spiro atoms. The van der Waals surface area contributed by atoms with Crippen LogP contribution in [0.4, 0.5) is 10.1 Å². The number of hydrogen-bond acceptors (Lipinski definition) is 5. The number of rotatable bonds is 5. The second-order valence-corrected chi connectivity index (χ2v) is 10.2. The number of thioether (sulfide) groups is 1. The minimum absolute atomic E-state index is 0.0790. The first-order valence-electron chi connectivity index (χ1n) is 11.4. The zero-order valence-corrected chi connectivity index (χ0v) is 20.9. The normalized spacial score (nSPS) is 19.3.